The van der Waals surface area contributed by atoms with E-state index in [4.69, 9.17) is 0 Å². The van der Waals surface area contributed by atoms with Gasteiger partial charge in [0.05, 0.1) is 4.90 Å². The molecule has 0 heterocycles. The van der Waals surface area contributed by atoms with Gasteiger partial charge in [-0.05, 0) is 50.2 Å². The monoisotopic (exact) mass is 351 g/mol. The Morgan fingerprint density at radius 1 is 1.29 bits per heavy atom. The van der Waals surface area contributed by atoms with Gasteiger partial charge in [-0.25, -0.2) is 13.1 Å². The molecule has 0 spiro atoms. The predicted octanol–water partition coefficient (Wildman–Crippen LogP) is 1.21. The van der Waals surface area contributed by atoms with Crippen molar-refractivity contribution in [1.29, 1.82) is 0 Å². The number of amides is 1. The Morgan fingerprint density at radius 3 is 2.50 bits per heavy atom. The molecule has 7 heteroatoms. The summed E-state index contributed by atoms with van der Waals surface area (Å²) in [6.45, 7) is 4.65. The second-order valence-corrected chi connectivity index (χ2v) is 7.65. The van der Waals surface area contributed by atoms with Crippen molar-refractivity contribution in [2.45, 2.75) is 30.7 Å². The molecule has 0 radical (unpaired) electrons. The van der Waals surface area contributed by atoms with Gasteiger partial charge in [-0.3, -0.25) is 9.69 Å². The minimum atomic E-state index is -3.43. The van der Waals surface area contributed by atoms with E-state index in [1.807, 2.05) is 0 Å². The highest BCUT2D eigenvalue weighted by atomic mass is 32.2. The highest BCUT2D eigenvalue weighted by Gasteiger charge is 2.27. The zero-order chi connectivity index (χ0) is 17.6. The number of nitrogens with zero attached hydrogens (tertiary/aromatic N) is 1. The van der Waals surface area contributed by atoms with E-state index in [0.717, 1.165) is 18.7 Å². The Bertz CT molecular complexity index is 680. The van der Waals surface area contributed by atoms with E-state index in [-0.39, 0.29) is 10.8 Å². The third-order valence-corrected chi connectivity index (χ3v) is 5.48. The Labute approximate surface area is 144 Å². The molecular weight excluding hydrogens is 326 g/mol. The highest BCUT2D eigenvalue weighted by molar-refractivity contribution is 7.89. The van der Waals surface area contributed by atoms with Crippen molar-refractivity contribution in [1.82, 2.24) is 14.9 Å². The molecule has 1 saturated carbocycles. The van der Waals surface area contributed by atoms with Gasteiger partial charge in [-0.1, -0.05) is 19.1 Å². The van der Waals surface area contributed by atoms with E-state index in [1.165, 1.54) is 38.1 Å². The number of likely N-dealkylation sites (N-methyl/N-ethyl adjacent to an activating group) is 1. The molecule has 0 bridgehead atoms. The molecule has 2 rings (SSSR count). The molecule has 1 aromatic carbocycles. The topological polar surface area (TPSA) is 78.5 Å². The quantitative estimate of drug-likeness (QED) is 0.656. The van der Waals surface area contributed by atoms with Crippen molar-refractivity contribution in [3.63, 3.8) is 0 Å². The van der Waals surface area contributed by atoms with Crippen LogP contribution in [0.5, 0.6) is 0 Å². The zero-order valence-electron chi connectivity index (χ0n) is 14.2. The van der Waals surface area contributed by atoms with E-state index in [1.54, 1.807) is 18.2 Å². The van der Waals surface area contributed by atoms with Crippen LogP contribution in [-0.4, -0.2) is 51.9 Å². The maximum absolute atomic E-state index is 11.8. The summed E-state index contributed by atoms with van der Waals surface area (Å²) in [6.07, 6.45) is 5.67. The summed E-state index contributed by atoms with van der Waals surface area (Å²) in [6, 6.07) is 7.06. The van der Waals surface area contributed by atoms with Crippen molar-refractivity contribution in [2.75, 3.05) is 26.7 Å². The van der Waals surface area contributed by atoms with Gasteiger partial charge >= 0.3 is 0 Å². The summed E-state index contributed by atoms with van der Waals surface area (Å²) in [5.74, 6) is -0.145. The van der Waals surface area contributed by atoms with Crippen molar-refractivity contribution in [3.8, 4) is 0 Å². The third-order valence-electron chi connectivity index (χ3n) is 4.05. The molecular formula is C17H25N3O3S. The number of benzene rings is 1. The van der Waals surface area contributed by atoms with Crippen LogP contribution in [0.25, 0.3) is 6.08 Å². The number of carbonyl (C=O) groups excluding carboxylic acids is 1. The molecule has 0 atom stereocenters. The highest BCUT2D eigenvalue weighted by Crippen LogP contribution is 2.25. The Hall–Kier alpha value is -1.70. The van der Waals surface area contributed by atoms with Gasteiger partial charge in [0, 0.05) is 25.2 Å². The standard InChI is InChI=1S/C17H25N3O3S/c1-3-20(15-7-8-15)13-12-19-17(21)11-6-14-4-9-16(10-5-14)24(22,23)18-2/h4-6,9-11,15,18H,3,7-8,12-13H2,1-2H3,(H,19,21). The number of hydrogen-bond acceptors (Lipinski definition) is 4. The molecule has 0 aliphatic heterocycles. The summed E-state index contributed by atoms with van der Waals surface area (Å²) in [5, 5.41) is 2.87. The summed E-state index contributed by atoms with van der Waals surface area (Å²) in [4.78, 5) is 14.4. The summed E-state index contributed by atoms with van der Waals surface area (Å²) in [7, 11) is -2.06. The van der Waals surface area contributed by atoms with E-state index in [2.05, 4.69) is 21.9 Å². The van der Waals surface area contributed by atoms with Crippen molar-refractivity contribution in [2.24, 2.45) is 0 Å². The lowest BCUT2D eigenvalue weighted by molar-refractivity contribution is -0.116. The first kappa shape index (κ1) is 18.6. The minimum Gasteiger partial charge on any atom is -0.351 e. The fraction of sp³-hybridized carbons (Fsp3) is 0.471. The number of carbonyl (C=O) groups is 1. The van der Waals surface area contributed by atoms with Gasteiger partial charge in [0.2, 0.25) is 15.9 Å². The van der Waals surface area contributed by atoms with Gasteiger partial charge < -0.3 is 5.32 Å². The lowest BCUT2D eigenvalue weighted by Crippen LogP contribution is -2.35. The zero-order valence-corrected chi connectivity index (χ0v) is 15.0. The molecule has 1 fully saturated rings. The van der Waals surface area contributed by atoms with Gasteiger partial charge in [-0.2, -0.15) is 0 Å². The lowest BCUT2D eigenvalue weighted by atomic mass is 10.2. The minimum absolute atomic E-state index is 0.145. The molecule has 24 heavy (non-hydrogen) atoms. The van der Waals surface area contributed by atoms with Crippen LogP contribution < -0.4 is 10.0 Å². The van der Waals surface area contributed by atoms with Crippen LogP contribution in [0.4, 0.5) is 0 Å². The first-order chi connectivity index (χ1) is 11.5. The van der Waals surface area contributed by atoms with E-state index in [0.29, 0.717) is 12.6 Å². The lowest BCUT2D eigenvalue weighted by Gasteiger charge is -2.19. The summed E-state index contributed by atoms with van der Waals surface area (Å²) < 4.78 is 25.5. The van der Waals surface area contributed by atoms with Crippen LogP contribution in [0.15, 0.2) is 35.2 Å². The number of nitrogens with one attached hydrogen (secondary N) is 2. The normalized spacial score (nSPS) is 15.1. The molecule has 1 aromatic rings. The van der Waals surface area contributed by atoms with Gasteiger partial charge in [-0.15, -0.1) is 0 Å². The van der Waals surface area contributed by atoms with Gasteiger partial charge in [0.25, 0.3) is 0 Å². The van der Waals surface area contributed by atoms with Crippen molar-refractivity contribution < 1.29 is 13.2 Å². The Morgan fingerprint density at radius 2 is 1.96 bits per heavy atom. The van der Waals surface area contributed by atoms with Crippen molar-refractivity contribution >= 4 is 22.0 Å². The maximum atomic E-state index is 11.8. The fourth-order valence-electron chi connectivity index (χ4n) is 2.47. The Balaban J connectivity index is 1.80. The average Bonchev–Trinajstić information content (AvgIpc) is 3.42. The smallest absolute Gasteiger partial charge is 0.244 e. The third kappa shape index (κ3) is 5.43. The number of sulfonamides is 1. The molecule has 0 unspecified atom stereocenters. The molecule has 2 N–H and O–H groups in total. The van der Waals surface area contributed by atoms with Crippen LogP contribution in [0, 0.1) is 0 Å². The van der Waals surface area contributed by atoms with Crippen molar-refractivity contribution in [3.05, 3.63) is 35.9 Å². The second-order valence-electron chi connectivity index (χ2n) is 5.76. The molecule has 1 aliphatic rings. The van der Waals surface area contributed by atoms with Crippen LogP contribution in [0.1, 0.15) is 25.3 Å². The SMILES string of the molecule is CCN(CCNC(=O)C=Cc1ccc(S(=O)(=O)NC)cc1)C1CC1. The van der Waals surface area contributed by atoms with E-state index >= 15 is 0 Å². The van der Waals surface area contributed by atoms with E-state index < -0.39 is 10.0 Å². The molecule has 6 nitrogen and oxygen atoms in total. The number of rotatable bonds is 9. The predicted molar refractivity (Wildman–Crippen MR) is 95.0 cm³/mol. The first-order valence-electron chi connectivity index (χ1n) is 8.20. The second kappa shape index (κ2) is 8.41. The van der Waals surface area contributed by atoms with Crippen LogP contribution in [0.3, 0.4) is 0 Å². The molecule has 1 aliphatic carbocycles. The van der Waals surface area contributed by atoms with Crippen LogP contribution >= 0.6 is 0 Å². The summed E-state index contributed by atoms with van der Waals surface area (Å²) >= 11 is 0. The first-order valence-corrected chi connectivity index (χ1v) is 9.68. The van der Waals surface area contributed by atoms with Crippen LogP contribution in [0.2, 0.25) is 0 Å². The average molecular weight is 351 g/mol. The largest absolute Gasteiger partial charge is 0.351 e. The molecule has 0 aromatic heterocycles. The van der Waals surface area contributed by atoms with Gasteiger partial charge in [0.15, 0.2) is 0 Å². The Kier molecular flexibility index (Phi) is 6.53. The molecule has 1 amide bonds. The molecule has 0 saturated heterocycles. The van der Waals surface area contributed by atoms with E-state index in [9.17, 15) is 13.2 Å². The van der Waals surface area contributed by atoms with Gasteiger partial charge in [0.1, 0.15) is 0 Å². The molecule has 132 valence electrons. The number of hydrogen-bond donors (Lipinski definition) is 2. The fourth-order valence-corrected chi connectivity index (χ4v) is 3.20. The van der Waals surface area contributed by atoms with Crippen LogP contribution in [-0.2, 0) is 14.8 Å². The summed E-state index contributed by atoms with van der Waals surface area (Å²) in [5.41, 5.74) is 0.772. The maximum Gasteiger partial charge on any atom is 0.244 e.